The highest BCUT2D eigenvalue weighted by atomic mass is 19.4. The van der Waals surface area contributed by atoms with Gasteiger partial charge in [-0.1, -0.05) is 0 Å². The Hall–Kier alpha value is -4.01. The zero-order chi connectivity index (χ0) is 31.7. The van der Waals surface area contributed by atoms with Gasteiger partial charge in [-0.15, -0.1) is 0 Å². The van der Waals surface area contributed by atoms with Crippen LogP contribution >= 0.6 is 0 Å². The molecule has 2 aromatic rings. The molecule has 45 heavy (non-hydrogen) atoms. The molecule has 1 aromatic carbocycles. The Morgan fingerprint density at radius 2 is 1.89 bits per heavy atom. The van der Waals surface area contributed by atoms with Gasteiger partial charge in [0, 0.05) is 29.4 Å². The number of fused-ring (bicyclic) bond motifs is 2. The minimum Gasteiger partial charge on any atom is -0.480 e. The number of morpholine rings is 1. The first-order chi connectivity index (χ1) is 21.4. The molecule has 3 amide bonds. The van der Waals surface area contributed by atoms with Crippen molar-refractivity contribution in [3.8, 4) is 5.88 Å². The van der Waals surface area contributed by atoms with Crippen LogP contribution in [0.3, 0.4) is 0 Å². The van der Waals surface area contributed by atoms with Gasteiger partial charge in [0.1, 0.15) is 30.1 Å². The lowest BCUT2D eigenvalue weighted by Gasteiger charge is -2.74. The molecular weight excluding hydrogens is 600 g/mol. The van der Waals surface area contributed by atoms with Gasteiger partial charge in [0.05, 0.1) is 25.2 Å². The van der Waals surface area contributed by atoms with Gasteiger partial charge in [0.25, 0.3) is 5.91 Å². The lowest BCUT2D eigenvalue weighted by molar-refractivity contribution is -0.189. The van der Waals surface area contributed by atoms with E-state index < -0.39 is 41.3 Å². The summed E-state index contributed by atoms with van der Waals surface area (Å²) in [5.74, 6) is -3.02. The Morgan fingerprint density at radius 1 is 1.13 bits per heavy atom. The van der Waals surface area contributed by atoms with Crippen LogP contribution < -0.4 is 20.7 Å². The number of amides is 3. The van der Waals surface area contributed by atoms with Crippen LogP contribution in [0.1, 0.15) is 54.4 Å². The van der Waals surface area contributed by atoms with E-state index in [2.05, 4.69) is 25.9 Å². The van der Waals surface area contributed by atoms with E-state index >= 15 is 0 Å². The van der Waals surface area contributed by atoms with E-state index in [1.54, 1.807) is 0 Å². The number of anilines is 2. The second-order valence-electron chi connectivity index (χ2n) is 12.9. The Kier molecular flexibility index (Phi) is 6.95. The monoisotopic (exact) mass is 632 g/mol. The van der Waals surface area contributed by atoms with Crippen molar-refractivity contribution in [2.45, 2.75) is 61.8 Å². The van der Waals surface area contributed by atoms with Crippen LogP contribution in [0.4, 0.5) is 29.1 Å². The number of rotatable bonds is 8. The number of hydrogen-bond donors (Lipinski definition) is 3. The number of nitrogens with zero attached hydrogens (tertiary/aromatic N) is 3. The van der Waals surface area contributed by atoms with Crippen molar-refractivity contribution in [1.29, 1.82) is 0 Å². The van der Waals surface area contributed by atoms with Crippen LogP contribution in [0.15, 0.2) is 24.5 Å². The first-order valence-corrected chi connectivity index (χ1v) is 15.0. The van der Waals surface area contributed by atoms with E-state index in [4.69, 9.17) is 9.47 Å². The molecule has 4 bridgehead atoms. The molecule has 1 aliphatic heterocycles. The summed E-state index contributed by atoms with van der Waals surface area (Å²) in [4.78, 5) is 50.1. The average molecular weight is 633 g/mol. The van der Waals surface area contributed by atoms with Gasteiger partial charge in [-0.05, 0) is 68.6 Å². The molecule has 0 spiro atoms. The molecule has 6 fully saturated rings. The molecular formula is C30H32F4N6O5. The molecule has 2 heterocycles. The maximum absolute atomic E-state index is 13.9. The first-order valence-electron chi connectivity index (χ1n) is 15.0. The van der Waals surface area contributed by atoms with Crippen molar-refractivity contribution in [2.75, 3.05) is 37.5 Å². The molecule has 5 aliphatic carbocycles. The lowest BCUT2D eigenvalue weighted by Crippen LogP contribution is -2.82. The fraction of sp³-hybridized carbons (Fsp3) is 0.567. The topological polar surface area (TPSA) is 135 Å². The zero-order valence-corrected chi connectivity index (χ0v) is 24.4. The third-order valence-electron chi connectivity index (χ3n) is 10.2. The molecule has 8 rings (SSSR count). The molecule has 5 saturated carbocycles. The first kappa shape index (κ1) is 29.7. The summed E-state index contributed by atoms with van der Waals surface area (Å²) in [7, 11) is 1.38. The number of nitrogens with one attached hydrogen (secondary N) is 3. The number of alkyl halides is 3. The molecule has 1 saturated heterocycles. The number of benzene rings is 1. The summed E-state index contributed by atoms with van der Waals surface area (Å²) in [6.07, 6.45) is 0.680. The molecule has 1 aromatic heterocycles. The molecule has 0 unspecified atom stereocenters. The number of methoxy groups -OCH3 is 1. The summed E-state index contributed by atoms with van der Waals surface area (Å²) in [6.45, 7) is 1.13. The fourth-order valence-electron chi connectivity index (χ4n) is 8.39. The van der Waals surface area contributed by atoms with Crippen LogP contribution in [-0.2, 0) is 20.5 Å². The van der Waals surface area contributed by atoms with Gasteiger partial charge in [0.2, 0.25) is 17.7 Å². The molecule has 6 aliphatic rings. The summed E-state index contributed by atoms with van der Waals surface area (Å²) in [5, 5.41) is 8.92. The molecule has 240 valence electrons. The number of ether oxygens (including phenoxy) is 2. The third kappa shape index (κ3) is 4.95. The van der Waals surface area contributed by atoms with Crippen LogP contribution in [-0.4, -0.2) is 76.6 Å². The predicted molar refractivity (Wildman–Crippen MR) is 150 cm³/mol. The van der Waals surface area contributed by atoms with E-state index in [0.717, 1.165) is 18.9 Å². The van der Waals surface area contributed by atoms with Gasteiger partial charge < -0.3 is 30.3 Å². The van der Waals surface area contributed by atoms with Crippen molar-refractivity contribution in [2.24, 2.45) is 17.8 Å². The number of hydrogen-bond acceptors (Lipinski definition) is 8. The Labute approximate surface area is 255 Å². The molecule has 3 N–H and O–H groups in total. The Morgan fingerprint density at radius 3 is 2.60 bits per heavy atom. The minimum atomic E-state index is -4.92. The Balaban J connectivity index is 1.08. The van der Waals surface area contributed by atoms with Gasteiger partial charge in [0.15, 0.2) is 0 Å². The number of carbonyl (C=O) groups is 3. The molecule has 0 radical (unpaired) electrons. The van der Waals surface area contributed by atoms with Crippen LogP contribution in [0.25, 0.3) is 0 Å². The van der Waals surface area contributed by atoms with E-state index in [1.165, 1.54) is 13.4 Å². The molecule has 15 heteroatoms. The van der Waals surface area contributed by atoms with E-state index in [1.807, 2.05) is 4.90 Å². The minimum absolute atomic E-state index is 0.00998. The predicted octanol–water partition coefficient (Wildman–Crippen LogP) is 3.37. The average Bonchev–Trinajstić information content (AvgIpc) is 3.57. The standard InChI is InChI=1S/C30H32F4N6O5/c1-44-27-22(24(35-14-36-27)39-28-11-29(12-28,13-28)40-6-7-45-10-20(40)41)26(43)38-23-16-3-2-15(8-16)21(23)25(42)37-17-4-5-19(31)18(9-17)30(32,33)34/h4-5,9,14-16,21,23H,2-3,6-8,10-13H2,1H3,(H,37,42)(H,38,43)(H,35,36,39)/t15-,16+,21+,23-,28?,29?/m1/s1. The van der Waals surface area contributed by atoms with Gasteiger partial charge in [-0.25, -0.2) is 14.4 Å². The number of aromatic nitrogens is 2. The Bertz CT molecular complexity index is 1550. The summed E-state index contributed by atoms with van der Waals surface area (Å²) < 4.78 is 64.3. The maximum atomic E-state index is 13.9. The molecule has 4 atom stereocenters. The smallest absolute Gasteiger partial charge is 0.419 e. The van der Waals surface area contributed by atoms with Crippen molar-refractivity contribution in [3.63, 3.8) is 0 Å². The lowest BCUT2D eigenvalue weighted by atomic mass is 9.43. The van der Waals surface area contributed by atoms with Gasteiger partial charge >= 0.3 is 6.18 Å². The van der Waals surface area contributed by atoms with Gasteiger partial charge in [-0.2, -0.15) is 13.2 Å². The number of carbonyl (C=O) groups excluding carboxylic acids is 3. The second-order valence-corrected chi connectivity index (χ2v) is 12.9. The highest BCUT2D eigenvalue weighted by Gasteiger charge is 2.71. The van der Waals surface area contributed by atoms with Crippen molar-refractivity contribution in [1.82, 2.24) is 20.2 Å². The van der Waals surface area contributed by atoms with Crippen molar-refractivity contribution < 1.29 is 41.4 Å². The van der Waals surface area contributed by atoms with Gasteiger partial charge in [-0.3, -0.25) is 14.4 Å². The van der Waals surface area contributed by atoms with Crippen molar-refractivity contribution in [3.05, 3.63) is 41.5 Å². The fourth-order valence-corrected chi connectivity index (χ4v) is 8.39. The van der Waals surface area contributed by atoms with Crippen LogP contribution in [0.2, 0.25) is 0 Å². The summed E-state index contributed by atoms with van der Waals surface area (Å²) in [5.41, 5.74) is -2.13. The summed E-state index contributed by atoms with van der Waals surface area (Å²) >= 11 is 0. The highest BCUT2D eigenvalue weighted by Crippen LogP contribution is 2.65. The highest BCUT2D eigenvalue weighted by molar-refractivity contribution is 6.02. The van der Waals surface area contributed by atoms with E-state index in [-0.39, 0.29) is 58.4 Å². The van der Waals surface area contributed by atoms with Crippen LogP contribution in [0, 0.1) is 23.6 Å². The zero-order valence-electron chi connectivity index (χ0n) is 24.4. The maximum Gasteiger partial charge on any atom is 0.419 e. The van der Waals surface area contributed by atoms with E-state index in [0.29, 0.717) is 51.0 Å². The SMILES string of the molecule is COc1ncnc(NC23CC(N4CCOCC4=O)(C2)C3)c1C(=O)N[C@@H]1[C@H]2CC[C@H](C2)[C@@H]1C(=O)Nc1ccc(F)c(C(F)(F)F)c1. The normalized spacial score (nSPS) is 31.6. The largest absolute Gasteiger partial charge is 0.480 e. The molecule has 11 nitrogen and oxygen atoms in total. The summed E-state index contributed by atoms with van der Waals surface area (Å²) in [6, 6.07) is 1.72. The second kappa shape index (κ2) is 10.5. The quantitative estimate of drug-likeness (QED) is 0.378. The van der Waals surface area contributed by atoms with E-state index in [9.17, 15) is 31.9 Å². The van der Waals surface area contributed by atoms with Crippen molar-refractivity contribution >= 4 is 29.2 Å². The third-order valence-corrected chi connectivity index (χ3v) is 10.2. The van der Waals surface area contributed by atoms with Crippen LogP contribution in [0.5, 0.6) is 5.88 Å². The number of halogens is 4.